The van der Waals surface area contributed by atoms with Crippen molar-refractivity contribution in [3.05, 3.63) is 35.6 Å². The van der Waals surface area contributed by atoms with Crippen LogP contribution in [0.15, 0.2) is 24.3 Å². The molecule has 0 saturated carbocycles. The van der Waals surface area contributed by atoms with E-state index in [2.05, 4.69) is 0 Å². The normalized spacial score (nSPS) is 10.8. The molecule has 0 aromatic heterocycles. The van der Waals surface area contributed by atoms with Crippen molar-refractivity contribution in [1.29, 1.82) is 0 Å². The molecule has 4 nitrogen and oxygen atoms in total. The van der Waals surface area contributed by atoms with E-state index in [0.717, 1.165) is 0 Å². The highest BCUT2D eigenvalue weighted by atomic mass is 19.1. The number of ketones is 1. The second-order valence-electron chi connectivity index (χ2n) is 3.66. The number of aliphatic hydroxyl groups excluding tert-OH is 2. The van der Waals surface area contributed by atoms with E-state index in [-0.39, 0.29) is 25.5 Å². The number of carbonyl (C=O) groups excluding carboxylic acids is 1. The number of Topliss-reactive ketones (excluding diaryl/α,β-unsaturated/α-hetero) is 1. The first-order valence-electron chi connectivity index (χ1n) is 5.40. The summed E-state index contributed by atoms with van der Waals surface area (Å²) in [7, 11) is 0. The van der Waals surface area contributed by atoms with Crippen LogP contribution in [0, 0.1) is 5.82 Å². The van der Waals surface area contributed by atoms with Gasteiger partial charge in [-0.05, 0) is 12.1 Å². The molecular formula is C12H16FNO3. The van der Waals surface area contributed by atoms with Crippen LogP contribution in [-0.2, 0) is 0 Å². The highest BCUT2D eigenvalue weighted by Gasteiger charge is 2.12. The highest BCUT2D eigenvalue weighted by molar-refractivity contribution is 5.97. The third-order valence-electron chi connectivity index (χ3n) is 2.35. The highest BCUT2D eigenvalue weighted by Crippen LogP contribution is 2.05. The molecule has 2 N–H and O–H groups in total. The lowest BCUT2D eigenvalue weighted by molar-refractivity contribution is 0.0893. The number of rotatable bonds is 7. The van der Waals surface area contributed by atoms with Crippen LogP contribution in [0.25, 0.3) is 0 Å². The fourth-order valence-corrected chi connectivity index (χ4v) is 1.51. The lowest BCUT2D eigenvalue weighted by Gasteiger charge is -2.18. The van der Waals surface area contributed by atoms with Gasteiger partial charge >= 0.3 is 0 Å². The van der Waals surface area contributed by atoms with E-state index in [4.69, 9.17) is 10.2 Å². The van der Waals surface area contributed by atoms with Crippen LogP contribution in [0.4, 0.5) is 4.39 Å². The first kappa shape index (κ1) is 13.8. The first-order valence-corrected chi connectivity index (χ1v) is 5.40. The summed E-state index contributed by atoms with van der Waals surface area (Å²) in [5, 5.41) is 17.6. The molecule has 0 fully saturated rings. The topological polar surface area (TPSA) is 60.8 Å². The van der Waals surface area contributed by atoms with Crippen LogP contribution < -0.4 is 0 Å². The monoisotopic (exact) mass is 241 g/mol. The Bertz CT molecular complexity index is 365. The van der Waals surface area contributed by atoms with E-state index in [9.17, 15) is 9.18 Å². The molecule has 0 unspecified atom stereocenters. The zero-order valence-electron chi connectivity index (χ0n) is 9.47. The van der Waals surface area contributed by atoms with Gasteiger partial charge in [-0.2, -0.15) is 0 Å². The molecule has 5 heteroatoms. The zero-order chi connectivity index (χ0) is 12.7. The summed E-state index contributed by atoms with van der Waals surface area (Å²) in [4.78, 5) is 13.4. The van der Waals surface area contributed by atoms with Gasteiger partial charge in [0.05, 0.1) is 19.8 Å². The molecule has 1 rings (SSSR count). The maximum atomic E-state index is 12.9. The minimum atomic E-state index is -0.452. The van der Waals surface area contributed by atoms with Gasteiger partial charge in [0.25, 0.3) is 0 Å². The minimum absolute atomic E-state index is 0.0601. The van der Waals surface area contributed by atoms with Gasteiger partial charge in [-0.15, -0.1) is 0 Å². The maximum Gasteiger partial charge on any atom is 0.176 e. The van der Waals surface area contributed by atoms with E-state index in [1.165, 1.54) is 18.2 Å². The van der Waals surface area contributed by atoms with Gasteiger partial charge in [0.1, 0.15) is 5.82 Å². The van der Waals surface area contributed by atoms with E-state index in [1.807, 2.05) is 0 Å². The van der Waals surface area contributed by atoms with Crippen molar-refractivity contribution in [2.45, 2.75) is 0 Å². The molecule has 0 heterocycles. The molecule has 17 heavy (non-hydrogen) atoms. The molecule has 0 saturated heterocycles. The number of benzene rings is 1. The van der Waals surface area contributed by atoms with Gasteiger partial charge in [-0.3, -0.25) is 9.69 Å². The van der Waals surface area contributed by atoms with Crippen LogP contribution >= 0.6 is 0 Å². The quantitative estimate of drug-likeness (QED) is 0.674. The largest absolute Gasteiger partial charge is 0.395 e. The fourth-order valence-electron chi connectivity index (χ4n) is 1.51. The van der Waals surface area contributed by atoms with Crippen molar-refractivity contribution in [3.63, 3.8) is 0 Å². The van der Waals surface area contributed by atoms with E-state index < -0.39 is 5.82 Å². The van der Waals surface area contributed by atoms with Crippen molar-refractivity contribution in [3.8, 4) is 0 Å². The summed E-state index contributed by atoms with van der Waals surface area (Å²) in [6.45, 7) is 0.501. The molecule has 0 aliphatic heterocycles. The average molecular weight is 241 g/mol. The lowest BCUT2D eigenvalue weighted by atomic mass is 10.1. The Morgan fingerprint density at radius 3 is 2.41 bits per heavy atom. The van der Waals surface area contributed by atoms with Crippen molar-refractivity contribution in [2.24, 2.45) is 0 Å². The number of nitrogens with zero attached hydrogens (tertiary/aromatic N) is 1. The summed E-state index contributed by atoms with van der Waals surface area (Å²) in [6, 6.07) is 5.47. The number of aliphatic hydroxyl groups is 2. The molecule has 0 aliphatic carbocycles. The number of hydrogen-bond acceptors (Lipinski definition) is 4. The van der Waals surface area contributed by atoms with Gasteiger partial charge in [-0.25, -0.2) is 4.39 Å². The van der Waals surface area contributed by atoms with Crippen molar-refractivity contribution in [1.82, 2.24) is 4.90 Å². The Hall–Kier alpha value is -1.30. The second-order valence-corrected chi connectivity index (χ2v) is 3.66. The van der Waals surface area contributed by atoms with Crippen molar-refractivity contribution in [2.75, 3.05) is 32.8 Å². The average Bonchev–Trinajstić information content (AvgIpc) is 2.29. The summed E-state index contributed by atoms with van der Waals surface area (Å²) >= 11 is 0. The third kappa shape index (κ3) is 4.60. The van der Waals surface area contributed by atoms with Gasteiger partial charge in [-0.1, -0.05) is 12.1 Å². The van der Waals surface area contributed by atoms with Crippen LogP contribution in [0.2, 0.25) is 0 Å². The maximum absolute atomic E-state index is 12.9. The summed E-state index contributed by atoms with van der Waals surface area (Å²) in [6.07, 6.45) is 0. The van der Waals surface area contributed by atoms with Crippen LogP contribution in [0.1, 0.15) is 10.4 Å². The van der Waals surface area contributed by atoms with Gasteiger partial charge < -0.3 is 10.2 Å². The Kier molecular flexibility index (Phi) is 5.76. The number of carbonyl (C=O) groups is 1. The summed E-state index contributed by atoms with van der Waals surface area (Å²) in [5.41, 5.74) is 0.297. The predicted octanol–water partition coefficient (Wildman–Crippen LogP) is 0.295. The smallest absolute Gasteiger partial charge is 0.176 e. The molecule has 1 aromatic carbocycles. The Morgan fingerprint density at radius 2 is 1.88 bits per heavy atom. The fraction of sp³-hybridized carbons (Fsp3) is 0.417. The molecular weight excluding hydrogens is 225 g/mol. The predicted molar refractivity (Wildman–Crippen MR) is 61.3 cm³/mol. The Labute approximate surface area is 99.3 Å². The summed E-state index contributed by atoms with van der Waals surface area (Å²) < 4.78 is 12.9. The zero-order valence-corrected chi connectivity index (χ0v) is 9.47. The molecule has 0 bridgehead atoms. The Balaban J connectivity index is 2.63. The number of hydrogen-bond donors (Lipinski definition) is 2. The SMILES string of the molecule is O=C(CN(CCO)CCO)c1cccc(F)c1. The van der Waals surface area contributed by atoms with Crippen molar-refractivity contribution < 1.29 is 19.4 Å². The molecule has 0 spiro atoms. The lowest BCUT2D eigenvalue weighted by Crippen LogP contribution is -2.34. The van der Waals surface area contributed by atoms with Gasteiger partial charge in [0.15, 0.2) is 5.78 Å². The van der Waals surface area contributed by atoms with Gasteiger partial charge in [0, 0.05) is 18.7 Å². The molecule has 94 valence electrons. The number of halogens is 1. The van der Waals surface area contributed by atoms with Crippen molar-refractivity contribution >= 4 is 5.78 Å². The van der Waals surface area contributed by atoms with Crippen LogP contribution in [0.5, 0.6) is 0 Å². The van der Waals surface area contributed by atoms with E-state index in [1.54, 1.807) is 11.0 Å². The molecule has 0 atom stereocenters. The molecule has 1 aromatic rings. The minimum Gasteiger partial charge on any atom is -0.395 e. The van der Waals surface area contributed by atoms with Crippen LogP contribution in [-0.4, -0.2) is 53.7 Å². The van der Waals surface area contributed by atoms with Gasteiger partial charge in [0.2, 0.25) is 0 Å². The molecule has 0 amide bonds. The first-order chi connectivity index (χ1) is 8.17. The van der Waals surface area contributed by atoms with E-state index >= 15 is 0 Å². The third-order valence-corrected chi connectivity index (χ3v) is 2.35. The molecule has 0 radical (unpaired) electrons. The summed E-state index contributed by atoms with van der Waals surface area (Å²) in [5.74, 6) is -0.682. The standard InChI is InChI=1S/C12H16FNO3/c13-11-3-1-2-10(8-11)12(17)9-14(4-6-15)5-7-16/h1-3,8,15-16H,4-7,9H2. The molecule has 0 aliphatic rings. The van der Waals surface area contributed by atoms with E-state index in [0.29, 0.717) is 18.7 Å². The Morgan fingerprint density at radius 1 is 1.24 bits per heavy atom. The van der Waals surface area contributed by atoms with Crippen LogP contribution in [0.3, 0.4) is 0 Å². The second kappa shape index (κ2) is 7.11.